The second-order valence-electron chi connectivity index (χ2n) is 3.51. The molecule has 0 saturated heterocycles. The van der Waals surface area contributed by atoms with E-state index < -0.39 is 11.6 Å². The lowest BCUT2D eigenvalue weighted by Crippen LogP contribution is -2.12. The first-order valence-corrected chi connectivity index (χ1v) is 5.85. The molecule has 0 saturated carbocycles. The lowest BCUT2D eigenvalue weighted by molar-refractivity contribution is 0.575. The van der Waals surface area contributed by atoms with Gasteiger partial charge in [0, 0.05) is 19.2 Å². The van der Waals surface area contributed by atoms with Gasteiger partial charge in [0.15, 0.2) is 0 Å². The van der Waals surface area contributed by atoms with Crippen LogP contribution in [-0.4, -0.2) is 0 Å². The maximum Gasteiger partial charge on any atom is 0.126 e. The molecule has 0 bridgehead atoms. The third-order valence-electron chi connectivity index (χ3n) is 2.16. The minimum Gasteiger partial charge on any atom is -0.309 e. The van der Waals surface area contributed by atoms with Gasteiger partial charge in [-0.15, -0.1) is 0 Å². The van der Waals surface area contributed by atoms with Crippen LogP contribution in [0.5, 0.6) is 0 Å². The highest BCUT2D eigenvalue weighted by atomic mass is 32.1. The summed E-state index contributed by atoms with van der Waals surface area (Å²) in [6, 6.07) is 5.57. The molecule has 0 fully saturated rings. The second-order valence-corrected chi connectivity index (χ2v) is 4.29. The van der Waals surface area contributed by atoms with E-state index in [9.17, 15) is 8.78 Å². The van der Waals surface area contributed by atoms with Crippen molar-refractivity contribution in [3.8, 4) is 0 Å². The third-order valence-corrected chi connectivity index (χ3v) is 2.89. The minimum absolute atomic E-state index is 0.463. The van der Waals surface area contributed by atoms with Crippen LogP contribution in [-0.2, 0) is 13.1 Å². The van der Waals surface area contributed by atoms with E-state index in [0.29, 0.717) is 18.7 Å². The lowest BCUT2D eigenvalue weighted by Gasteiger charge is -2.04. The van der Waals surface area contributed by atoms with E-state index >= 15 is 0 Å². The van der Waals surface area contributed by atoms with Crippen molar-refractivity contribution in [2.24, 2.45) is 0 Å². The van der Waals surface area contributed by atoms with Crippen molar-refractivity contribution in [2.75, 3.05) is 0 Å². The molecule has 4 heteroatoms. The molecule has 0 aliphatic heterocycles. The monoisotopic (exact) mass is 239 g/mol. The number of thiophene rings is 1. The maximum atomic E-state index is 12.9. The van der Waals surface area contributed by atoms with E-state index in [1.165, 1.54) is 17.7 Å². The normalized spacial score (nSPS) is 10.6. The fourth-order valence-corrected chi connectivity index (χ4v) is 2.13. The predicted molar refractivity (Wildman–Crippen MR) is 61.2 cm³/mol. The summed E-state index contributed by atoms with van der Waals surface area (Å²) in [6.07, 6.45) is 0. The van der Waals surface area contributed by atoms with E-state index in [1.54, 1.807) is 11.3 Å². The van der Waals surface area contributed by atoms with Crippen molar-refractivity contribution >= 4 is 11.3 Å². The van der Waals surface area contributed by atoms with Crippen molar-refractivity contribution in [3.63, 3.8) is 0 Å². The summed E-state index contributed by atoms with van der Waals surface area (Å²) in [6.45, 7) is 1.17. The molecule has 1 aromatic heterocycles. The molecule has 0 spiro atoms. The molecule has 2 aromatic rings. The smallest absolute Gasteiger partial charge is 0.126 e. The van der Waals surface area contributed by atoms with Gasteiger partial charge in [0.05, 0.1) is 0 Å². The number of halogens is 2. The van der Waals surface area contributed by atoms with Crippen LogP contribution in [0.2, 0.25) is 0 Å². The molecule has 2 rings (SSSR count). The van der Waals surface area contributed by atoms with E-state index in [0.717, 1.165) is 6.07 Å². The van der Waals surface area contributed by atoms with E-state index in [2.05, 4.69) is 5.32 Å². The molecule has 1 nitrogen and oxygen atoms in total. The Bertz CT molecular complexity index is 434. The van der Waals surface area contributed by atoms with Gasteiger partial charge in [-0.25, -0.2) is 8.78 Å². The first-order chi connectivity index (χ1) is 7.74. The minimum atomic E-state index is -0.535. The van der Waals surface area contributed by atoms with Gasteiger partial charge in [-0.2, -0.15) is 11.3 Å². The Labute approximate surface area is 96.7 Å². The largest absolute Gasteiger partial charge is 0.309 e. The van der Waals surface area contributed by atoms with Crippen LogP contribution in [0.25, 0.3) is 0 Å². The van der Waals surface area contributed by atoms with E-state index in [1.807, 2.05) is 16.8 Å². The van der Waals surface area contributed by atoms with Crippen molar-refractivity contribution < 1.29 is 8.78 Å². The van der Waals surface area contributed by atoms with E-state index in [-0.39, 0.29) is 0 Å². The van der Waals surface area contributed by atoms with Crippen LogP contribution >= 0.6 is 11.3 Å². The number of benzene rings is 1. The van der Waals surface area contributed by atoms with Crippen LogP contribution in [0.15, 0.2) is 35.0 Å². The Morgan fingerprint density at radius 3 is 2.31 bits per heavy atom. The highest BCUT2D eigenvalue weighted by Gasteiger charge is 2.00. The predicted octanol–water partition coefficient (Wildman–Crippen LogP) is 3.32. The highest BCUT2D eigenvalue weighted by Crippen LogP contribution is 2.09. The van der Waals surface area contributed by atoms with Crippen LogP contribution in [0.3, 0.4) is 0 Å². The van der Waals surface area contributed by atoms with Gasteiger partial charge in [-0.3, -0.25) is 0 Å². The van der Waals surface area contributed by atoms with Gasteiger partial charge in [-0.05, 0) is 40.1 Å². The summed E-state index contributed by atoms with van der Waals surface area (Å²) >= 11 is 1.63. The molecule has 16 heavy (non-hydrogen) atoms. The summed E-state index contributed by atoms with van der Waals surface area (Å²) in [5, 5.41) is 7.17. The Balaban J connectivity index is 1.89. The second kappa shape index (κ2) is 5.18. The van der Waals surface area contributed by atoms with Crippen molar-refractivity contribution in [3.05, 3.63) is 57.8 Å². The zero-order valence-corrected chi connectivity index (χ0v) is 9.36. The van der Waals surface area contributed by atoms with Gasteiger partial charge in [0.25, 0.3) is 0 Å². The Hall–Kier alpha value is -1.26. The molecule has 1 aromatic carbocycles. The SMILES string of the molecule is Fc1cc(F)cc(CNCc2ccsc2)c1. The maximum absolute atomic E-state index is 12.9. The van der Waals surface area contributed by atoms with Gasteiger partial charge < -0.3 is 5.32 Å². The summed E-state index contributed by atoms with van der Waals surface area (Å²) in [7, 11) is 0. The molecule has 84 valence electrons. The van der Waals surface area contributed by atoms with Crippen molar-refractivity contribution in [1.29, 1.82) is 0 Å². The average Bonchev–Trinajstić information content (AvgIpc) is 2.69. The molecule has 0 amide bonds. The molecule has 0 unspecified atom stereocenters. The Morgan fingerprint density at radius 2 is 1.69 bits per heavy atom. The topological polar surface area (TPSA) is 12.0 Å². The first-order valence-electron chi connectivity index (χ1n) is 4.91. The molecular formula is C12H11F2NS. The lowest BCUT2D eigenvalue weighted by atomic mass is 10.2. The van der Waals surface area contributed by atoms with Gasteiger partial charge in [-0.1, -0.05) is 0 Å². The fraction of sp³-hybridized carbons (Fsp3) is 0.167. The molecule has 0 atom stereocenters. The zero-order valence-electron chi connectivity index (χ0n) is 8.54. The van der Waals surface area contributed by atoms with Crippen LogP contribution in [0.1, 0.15) is 11.1 Å². The molecule has 1 heterocycles. The molecule has 0 aliphatic rings. The quantitative estimate of drug-likeness (QED) is 0.863. The fourth-order valence-electron chi connectivity index (χ4n) is 1.46. The summed E-state index contributed by atoms with van der Waals surface area (Å²) in [4.78, 5) is 0. The highest BCUT2D eigenvalue weighted by molar-refractivity contribution is 7.07. The summed E-state index contributed by atoms with van der Waals surface area (Å²) in [5.41, 5.74) is 1.80. The first kappa shape index (κ1) is 11.2. The average molecular weight is 239 g/mol. The molecular weight excluding hydrogens is 228 g/mol. The molecule has 0 radical (unpaired) electrons. The van der Waals surface area contributed by atoms with Crippen molar-refractivity contribution in [2.45, 2.75) is 13.1 Å². The summed E-state index contributed by atoms with van der Waals surface area (Å²) in [5.74, 6) is -1.07. The van der Waals surface area contributed by atoms with Crippen LogP contribution < -0.4 is 5.32 Å². The van der Waals surface area contributed by atoms with Crippen molar-refractivity contribution in [1.82, 2.24) is 5.32 Å². The number of nitrogens with one attached hydrogen (secondary N) is 1. The zero-order chi connectivity index (χ0) is 11.4. The summed E-state index contributed by atoms with van der Waals surface area (Å²) < 4.78 is 25.7. The Kier molecular flexibility index (Phi) is 3.64. The van der Waals surface area contributed by atoms with E-state index in [4.69, 9.17) is 0 Å². The molecule has 1 N–H and O–H groups in total. The van der Waals surface area contributed by atoms with Gasteiger partial charge in [0.1, 0.15) is 11.6 Å². The number of hydrogen-bond donors (Lipinski definition) is 1. The van der Waals surface area contributed by atoms with Crippen LogP contribution in [0, 0.1) is 11.6 Å². The third kappa shape index (κ3) is 3.12. The van der Waals surface area contributed by atoms with Gasteiger partial charge >= 0.3 is 0 Å². The van der Waals surface area contributed by atoms with Crippen LogP contribution in [0.4, 0.5) is 8.78 Å². The Morgan fingerprint density at radius 1 is 1.00 bits per heavy atom. The number of rotatable bonds is 4. The number of hydrogen-bond acceptors (Lipinski definition) is 2. The molecule has 0 aliphatic carbocycles. The standard InChI is InChI=1S/C12H11F2NS/c13-11-3-10(4-12(14)5-11)7-15-6-9-1-2-16-8-9/h1-5,8,15H,6-7H2. The van der Waals surface area contributed by atoms with Gasteiger partial charge in [0.2, 0.25) is 0 Å².